The average Bonchev–Trinajstić information content (AvgIpc) is 2.95. The van der Waals surface area contributed by atoms with Crippen LogP contribution in [0.3, 0.4) is 0 Å². The third kappa shape index (κ3) is 4.65. The summed E-state index contributed by atoms with van der Waals surface area (Å²) < 4.78 is 51.1. The molecule has 1 aliphatic carbocycles. The first-order chi connectivity index (χ1) is 15.7. The van der Waals surface area contributed by atoms with Gasteiger partial charge in [0, 0.05) is 18.5 Å². The highest BCUT2D eigenvalue weighted by Crippen LogP contribution is 2.44. The Kier molecular flexibility index (Phi) is 6.01. The van der Waals surface area contributed by atoms with Gasteiger partial charge in [0.15, 0.2) is 17.3 Å². The smallest absolute Gasteiger partial charge is 0.471 e. The Morgan fingerprint density at radius 2 is 1.79 bits per heavy atom. The van der Waals surface area contributed by atoms with Crippen LogP contribution in [0.4, 0.5) is 13.2 Å². The van der Waals surface area contributed by atoms with E-state index in [4.69, 9.17) is 9.47 Å². The molecule has 1 spiro atoms. The minimum atomic E-state index is -4.98. The highest BCUT2D eigenvalue weighted by Gasteiger charge is 2.45. The number of ether oxygens (including phenoxy) is 2. The molecule has 0 N–H and O–H groups in total. The Labute approximate surface area is 189 Å². The number of allylic oxidation sites excluding steroid dienone is 4. The quantitative estimate of drug-likeness (QED) is 0.679. The van der Waals surface area contributed by atoms with E-state index < -0.39 is 17.5 Å². The number of carbonyl (C=O) groups is 2. The molecule has 33 heavy (non-hydrogen) atoms. The predicted octanol–water partition coefficient (Wildman–Crippen LogP) is 4.50. The second-order valence-corrected chi connectivity index (χ2v) is 8.02. The minimum Gasteiger partial charge on any atom is -0.493 e. The van der Waals surface area contributed by atoms with E-state index >= 15 is 0 Å². The monoisotopic (exact) mass is 457 g/mol. The fourth-order valence-corrected chi connectivity index (χ4v) is 4.18. The largest absolute Gasteiger partial charge is 0.493 e. The van der Waals surface area contributed by atoms with Crippen molar-refractivity contribution in [3.05, 3.63) is 83.5 Å². The predicted molar refractivity (Wildman–Crippen MR) is 115 cm³/mol. The van der Waals surface area contributed by atoms with Gasteiger partial charge < -0.3 is 14.4 Å². The fourth-order valence-electron chi connectivity index (χ4n) is 4.18. The van der Waals surface area contributed by atoms with E-state index in [2.05, 4.69) is 0 Å². The molecule has 0 aromatic heterocycles. The number of amides is 1. The molecule has 4 rings (SSSR count). The SMILES string of the molecule is COc1cc2c(cc1OCc1ccccc1)CN(C(=O)C(F)(F)F)CCC21C=CC(=O)C=C1. The Morgan fingerprint density at radius 1 is 1.09 bits per heavy atom. The minimum absolute atomic E-state index is 0.127. The zero-order chi connectivity index (χ0) is 23.6. The highest BCUT2D eigenvalue weighted by molar-refractivity contribution is 6.00. The van der Waals surface area contributed by atoms with E-state index in [1.54, 1.807) is 24.3 Å². The second kappa shape index (κ2) is 8.77. The third-order valence-corrected chi connectivity index (χ3v) is 5.90. The van der Waals surface area contributed by atoms with E-state index in [-0.39, 0.29) is 31.9 Å². The van der Waals surface area contributed by atoms with Gasteiger partial charge in [-0.1, -0.05) is 42.5 Å². The van der Waals surface area contributed by atoms with Gasteiger partial charge in [0.1, 0.15) is 6.61 Å². The van der Waals surface area contributed by atoms with Gasteiger partial charge in [-0.2, -0.15) is 13.2 Å². The van der Waals surface area contributed by atoms with Crippen molar-refractivity contribution in [2.75, 3.05) is 13.7 Å². The normalized spacial score (nSPS) is 17.0. The number of carbonyl (C=O) groups excluding carboxylic acids is 2. The maximum absolute atomic E-state index is 13.2. The van der Waals surface area contributed by atoms with Gasteiger partial charge in [0.05, 0.1) is 7.11 Å². The molecule has 1 aliphatic heterocycles. The number of fused-ring (bicyclic) bond motifs is 2. The first-order valence-electron chi connectivity index (χ1n) is 10.4. The van der Waals surface area contributed by atoms with Crippen molar-refractivity contribution < 1.29 is 32.2 Å². The molecule has 0 fully saturated rings. The van der Waals surface area contributed by atoms with Gasteiger partial charge in [-0.15, -0.1) is 0 Å². The summed E-state index contributed by atoms with van der Waals surface area (Å²) in [6.07, 6.45) is 1.37. The Balaban J connectivity index is 1.77. The van der Waals surface area contributed by atoms with E-state index in [0.29, 0.717) is 22.6 Å². The van der Waals surface area contributed by atoms with Gasteiger partial charge in [-0.25, -0.2) is 0 Å². The van der Waals surface area contributed by atoms with Crippen LogP contribution in [0.25, 0.3) is 0 Å². The number of hydrogen-bond acceptors (Lipinski definition) is 4. The number of benzene rings is 2. The third-order valence-electron chi connectivity index (χ3n) is 5.90. The molecule has 0 atom stereocenters. The van der Waals surface area contributed by atoms with Crippen molar-refractivity contribution >= 4 is 11.7 Å². The molecule has 0 unspecified atom stereocenters. The summed E-state index contributed by atoms with van der Waals surface area (Å²) in [6.45, 7) is -0.129. The number of halogens is 3. The summed E-state index contributed by atoms with van der Waals surface area (Å²) in [5.74, 6) is -1.33. The fraction of sp³-hybridized carbons (Fsp3) is 0.280. The number of ketones is 1. The van der Waals surface area contributed by atoms with Crippen molar-refractivity contribution in [1.29, 1.82) is 0 Å². The standard InChI is InChI=1S/C25H22F3NO4/c1-32-21-14-20-18(13-22(21)33-16-17-5-3-2-4-6-17)15-29(23(31)25(26,27)28)12-11-24(20)9-7-19(30)8-10-24/h2-10,13-14H,11-12,15-16H2,1H3. The number of hydrogen-bond donors (Lipinski definition) is 0. The lowest BCUT2D eigenvalue weighted by Gasteiger charge is -2.30. The lowest BCUT2D eigenvalue weighted by Crippen LogP contribution is -2.41. The molecule has 1 heterocycles. The maximum Gasteiger partial charge on any atom is 0.471 e. The number of rotatable bonds is 4. The summed E-state index contributed by atoms with van der Waals surface area (Å²) in [6, 6.07) is 12.8. The lowest BCUT2D eigenvalue weighted by atomic mass is 9.73. The molecule has 172 valence electrons. The second-order valence-electron chi connectivity index (χ2n) is 8.02. The molecule has 0 radical (unpaired) electrons. The lowest BCUT2D eigenvalue weighted by molar-refractivity contribution is -0.186. The summed E-state index contributed by atoms with van der Waals surface area (Å²) in [5, 5.41) is 0. The first kappa shape index (κ1) is 22.6. The van der Waals surface area contributed by atoms with Crippen LogP contribution < -0.4 is 9.47 Å². The van der Waals surface area contributed by atoms with E-state index in [0.717, 1.165) is 10.5 Å². The van der Waals surface area contributed by atoms with Crippen molar-refractivity contribution in [2.45, 2.75) is 31.2 Å². The van der Waals surface area contributed by atoms with Crippen molar-refractivity contribution in [1.82, 2.24) is 4.90 Å². The molecule has 0 bridgehead atoms. The van der Waals surface area contributed by atoms with E-state index in [9.17, 15) is 22.8 Å². The number of alkyl halides is 3. The summed E-state index contributed by atoms with van der Waals surface area (Å²) in [4.78, 5) is 24.6. The van der Waals surface area contributed by atoms with Crippen LogP contribution >= 0.6 is 0 Å². The molecule has 2 aromatic carbocycles. The highest BCUT2D eigenvalue weighted by atomic mass is 19.4. The van der Waals surface area contributed by atoms with Gasteiger partial charge in [-0.3, -0.25) is 9.59 Å². The van der Waals surface area contributed by atoms with Gasteiger partial charge in [0.25, 0.3) is 0 Å². The van der Waals surface area contributed by atoms with E-state index in [1.165, 1.54) is 19.3 Å². The van der Waals surface area contributed by atoms with Crippen LogP contribution in [0.2, 0.25) is 0 Å². The molecule has 2 aromatic rings. The van der Waals surface area contributed by atoms with Crippen LogP contribution in [0.15, 0.2) is 66.8 Å². The Morgan fingerprint density at radius 3 is 2.42 bits per heavy atom. The molecule has 0 saturated carbocycles. The van der Waals surface area contributed by atoms with Crippen molar-refractivity contribution in [2.24, 2.45) is 0 Å². The summed E-state index contributed by atoms with van der Waals surface area (Å²) in [7, 11) is 1.48. The molecule has 0 saturated heterocycles. The zero-order valence-electron chi connectivity index (χ0n) is 17.9. The van der Waals surface area contributed by atoms with Gasteiger partial charge in [-0.05, 0) is 47.4 Å². The van der Waals surface area contributed by atoms with Crippen LogP contribution in [-0.4, -0.2) is 36.4 Å². The van der Waals surface area contributed by atoms with Crippen LogP contribution in [0.5, 0.6) is 11.5 Å². The Hall–Kier alpha value is -3.55. The first-order valence-corrected chi connectivity index (χ1v) is 10.4. The molecular formula is C25H22F3NO4. The molecule has 2 aliphatic rings. The van der Waals surface area contributed by atoms with Crippen LogP contribution in [0, 0.1) is 0 Å². The molecular weight excluding hydrogens is 435 g/mol. The molecule has 5 nitrogen and oxygen atoms in total. The van der Waals surface area contributed by atoms with Crippen LogP contribution in [0.1, 0.15) is 23.1 Å². The number of methoxy groups -OCH3 is 1. The zero-order valence-corrected chi connectivity index (χ0v) is 17.9. The molecule has 8 heteroatoms. The Bertz CT molecular complexity index is 1110. The van der Waals surface area contributed by atoms with Crippen molar-refractivity contribution in [3.63, 3.8) is 0 Å². The topological polar surface area (TPSA) is 55.8 Å². The molecule has 1 amide bonds. The summed E-state index contributed by atoms with van der Waals surface area (Å²) >= 11 is 0. The number of nitrogens with zero attached hydrogens (tertiary/aromatic N) is 1. The van der Waals surface area contributed by atoms with Gasteiger partial charge in [0.2, 0.25) is 0 Å². The summed E-state index contributed by atoms with van der Waals surface area (Å²) in [5.41, 5.74) is 1.24. The van der Waals surface area contributed by atoms with Crippen LogP contribution in [-0.2, 0) is 28.2 Å². The maximum atomic E-state index is 13.2. The van der Waals surface area contributed by atoms with Crippen molar-refractivity contribution in [3.8, 4) is 11.5 Å². The average molecular weight is 457 g/mol. The van der Waals surface area contributed by atoms with Gasteiger partial charge >= 0.3 is 12.1 Å². The van der Waals surface area contributed by atoms with E-state index in [1.807, 2.05) is 30.3 Å².